The molecule has 1 aliphatic heterocycles. The van der Waals surface area contributed by atoms with Crippen molar-refractivity contribution in [3.63, 3.8) is 0 Å². The number of hydrogen-bond acceptors (Lipinski definition) is 3. The summed E-state index contributed by atoms with van der Waals surface area (Å²) in [6.07, 6.45) is 7.12. The number of aliphatic hydroxyl groups is 1. The van der Waals surface area contributed by atoms with Crippen LogP contribution in [0.4, 0.5) is 0 Å². The molecule has 1 saturated heterocycles. The van der Waals surface area contributed by atoms with Gasteiger partial charge in [-0.25, -0.2) is 0 Å². The highest BCUT2D eigenvalue weighted by molar-refractivity contribution is 6.30. The molecule has 3 rings (SSSR count). The summed E-state index contributed by atoms with van der Waals surface area (Å²) in [7, 11) is 0. The van der Waals surface area contributed by atoms with Gasteiger partial charge in [0.05, 0.1) is 5.60 Å². The van der Waals surface area contributed by atoms with Gasteiger partial charge in [0.15, 0.2) is 0 Å². The zero-order chi connectivity index (χ0) is 18.6. The number of piperazine rings is 1. The first-order chi connectivity index (χ1) is 12.5. The summed E-state index contributed by atoms with van der Waals surface area (Å²) in [6.45, 7) is 8.34. The highest BCUT2D eigenvalue weighted by Gasteiger charge is 2.41. The lowest BCUT2D eigenvalue weighted by atomic mass is 9.69. The van der Waals surface area contributed by atoms with Crippen LogP contribution < -0.4 is 5.32 Å². The maximum absolute atomic E-state index is 11.6. The monoisotopic (exact) mass is 378 g/mol. The topological polar surface area (TPSA) is 35.5 Å². The molecule has 1 heterocycles. The molecule has 2 fully saturated rings. The Kier molecular flexibility index (Phi) is 7.01. The van der Waals surface area contributed by atoms with E-state index in [4.69, 9.17) is 11.6 Å². The Morgan fingerprint density at radius 3 is 2.77 bits per heavy atom. The third kappa shape index (κ3) is 4.44. The summed E-state index contributed by atoms with van der Waals surface area (Å²) in [6, 6.07) is 8.57. The molecule has 26 heavy (non-hydrogen) atoms. The van der Waals surface area contributed by atoms with Crippen molar-refractivity contribution in [1.82, 2.24) is 10.2 Å². The molecular weight excluding hydrogens is 344 g/mol. The first-order valence-corrected chi connectivity index (χ1v) is 10.8. The van der Waals surface area contributed by atoms with Crippen LogP contribution in [0.15, 0.2) is 24.3 Å². The van der Waals surface area contributed by atoms with Gasteiger partial charge in [0.2, 0.25) is 0 Å². The third-order valence-electron chi connectivity index (χ3n) is 6.83. The fourth-order valence-corrected chi connectivity index (χ4v) is 5.36. The molecule has 2 aliphatic rings. The van der Waals surface area contributed by atoms with Crippen LogP contribution in [0.5, 0.6) is 0 Å². The Labute approximate surface area is 164 Å². The van der Waals surface area contributed by atoms with Gasteiger partial charge in [-0.3, -0.25) is 4.90 Å². The minimum Gasteiger partial charge on any atom is -0.389 e. The molecule has 0 spiro atoms. The van der Waals surface area contributed by atoms with E-state index < -0.39 is 5.60 Å². The molecular formula is C22H35ClN2O. The summed E-state index contributed by atoms with van der Waals surface area (Å²) >= 11 is 6.24. The van der Waals surface area contributed by atoms with E-state index >= 15 is 0 Å². The lowest BCUT2D eigenvalue weighted by molar-refractivity contribution is -0.0902. The lowest BCUT2D eigenvalue weighted by Gasteiger charge is -2.46. The molecule has 1 aromatic carbocycles. The van der Waals surface area contributed by atoms with Crippen molar-refractivity contribution in [1.29, 1.82) is 0 Å². The minimum absolute atomic E-state index is 0.274. The van der Waals surface area contributed by atoms with Crippen molar-refractivity contribution in [2.24, 2.45) is 11.8 Å². The van der Waals surface area contributed by atoms with E-state index in [-0.39, 0.29) is 5.92 Å². The normalized spacial score (nSPS) is 26.4. The van der Waals surface area contributed by atoms with Crippen molar-refractivity contribution in [2.75, 3.05) is 26.2 Å². The van der Waals surface area contributed by atoms with Crippen LogP contribution in [0.2, 0.25) is 5.02 Å². The Bertz CT molecular complexity index is 575. The highest BCUT2D eigenvalue weighted by atomic mass is 35.5. The van der Waals surface area contributed by atoms with Gasteiger partial charge in [-0.05, 0) is 48.8 Å². The second kappa shape index (κ2) is 9.05. The summed E-state index contributed by atoms with van der Waals surface area (Å²) in [5, 5.41) is 15.9. The van der Waals surface area contributed by atoms with E-state index in [1.807, 2.05) is 12.1 Å². The zero-order valence-corrected chi connectivity index (χ0v) is 17.1. The van der Waals surface area contributed by atoms with Gasteiger partial charge in [-0.1, -0.05) is 56.8 Å². The molecule has 1 aromatic rings. The Balaban J connectivity index is 1.73. The van der Waals surface area contributed by atoms with Gasteiger partial charge in [-0.15, -0.1) is 0 Å². The number of halogens is 1. The number of benzene rings is 1. The van der Waals surface area contributed by atoms with Crippen molar-refractivity contribution in [3.05, 3.63) is 34.9 Å². The first kappa shape index (κ1) is 20.1. The van der Waals surface area contributed by atoms with Crippen LogP contribution in [0, 0.1) is 11.8 Å². The predicted molar refractivity (Wildman–Crippen MR) is 110 cm³/mol. The van der Waals surface area contributed by atoms with E-state index in [0.29, 0.717) is 12.0 Å². The van der Waals surface area contributed by atoms with E-state index in [2.05, 4.69) is 36.2 Å². The van der Waals surface area contributed by atoms with Gasteiger partial charge in [0, 0.05) is 37.2 Å². The summed E-state index contributed by atoms with van der Waals surface area (Å²) in [4.78, 5) is 2.55. The fourth-order valence-electron chi connectivity index (χ4n) is 5.16. The molecule has 0 radical (unpaired) electrons. The Hall–Kier alpha value is -0.610. The molecule has 1 aliphatic carbocycles. The van der Waals surface area contributed by atoms with Crippen molar-refractivity contribution < 1.29 is 5.11 Å². The van der Waals surface area contributed by atoms with Crippen LogP contribution in [-0.2, 0) is 0 Å². The molecule has 3 unspecified atom stereocenters. The highest BCUT2D eigenvalue weighted by Crippen LogP contribution is 2.40. The Morgan fingerprint density at radius 1 is 1.31 bits per heavy atom. The molecule has 4 heteroatoms. The first-order valence-electron chi connectivity index (χ1n) is 10.5. The van der Waals surface area contributed by atoms with Gasteiger partial charge in [0.25, 0.3) is 0 Å². The predicted octanol–water partition coefficient (Wildman–Crippen LogP) is 4.64. The molecule has 1 saturated carbocycles. The van der Waals surface area contributed by atoms with Gasteiger partial charge < -0.3 is 10.4 Å². The largest absolute Gasteiger partial charge is 0.389 e. The third-order valence-corrected chi connectivity index (χ3v) is 7.06. The molecule has 2 N–H and O–H groups in total. The maximum Gasteiger partial charge on any atom is 0.0710 e. The number of rotatable bonds is 6. The molecule has 3 atom stereocenters. The van der Waals surface area contributed by atoms with Crippen LogP contribution in [0.25, 0.3) is 0 Å². The van der Waals surface area contributed by atoms with Crippen LogP contribution in [0.1, 0.15) is 64.0 Å². The van der Waals surface area contributed by atoms with E-state index in [1.54, 1.807) is 0 Å². The summed E-state index contributed by atoms with van der Waals surface area (Å²) < 4.78 is 0. The molecule has 3 nitrogen and oxygen atoms in total. The second-order valence-corrected chi connectivity index (χ2v) is 8.79. The molecule has 0 amide bonds. The van der Waals surface area contributed by atoms with Crippen LogP contribution in [-0.4, -0.2) is 41.8 Å². The summed E-state index contributed by atoms with van der Waals surface area (Å²) in [5.74, 6) is 0.735. The van der Waals surface area contributed by atoms with Crippen molar-refractivity contribution >= 4 is 11.6 Å². The average Bonchev–Trinajstić information content (AvgIpc) is 2.68. The van der Waals surface area contributed by atoms with Crippen LogP contribution >= 0.6 is 11.6 Å². The zero-order valence-electron chi connectivity index (χ0n) is 16.4. The van der Waals surface area contributed by atoms with Gasteiger partial charge in [-0.2, -0.15) is 0 Å². The molecule has 0 aromatic heterocycles. The SMILES string of the molecule is CCC(O)(C(C)CN1CCNCC1c1cccc(Cl)c1)C1CCCCC1. The average molecular weight is 379 g/mol. The quantitative estimate of drug-likeness (QED) is 0.756. The number of nitrogens with one attached hydrogen (secondary N) is 1. The molecule has 146 valence electrons. The number of hydrogen-bond donors (Lipinski definition) is 2. The van der Waals surface area contributed by atoms with E-state index in [0.717, 1.165) is 37.6 Å². The second-order valence-electron chi connectivity index (χ2n) is 8.35. The summed E-state index contributed by atoms with van der Waals surface area (Å²) in [5.41, 5.74) is 0.735. The number of nitrogens with zero attached hydrogens (tertiary/aromatic N) is 1. The van der Waals surface area contributed by atoms with E-state index in [1.165, 1.54) is 37.7 Å². The van der Waals surface area contributed by atoms with Crippen molar-refractivity contribution in [3.8, 4) is 0 Å². The van der Waals surface area contributed by atoms with Crippen LogP contribution in [0.3, 0.4) is 0 Å². The van der Waals surface area contributed by atoms with Gasteiger partial charge >= 0.3 is 0 Å². The van der Waals surface area contributed by atoms with E-state index in [9.17, 15) is 5.11 Å². The van der Waals surface area contributed by atoms with Gasteiger partial charge in [0.1, 0.15) is 0 Å². The lowest BCUT2D eigenvalue weighted by Crippen LogP contribution is -2.53. The smallest absolute Gasteiger partial charge is 0.0710 e. The minimum atomic E-state index is -0.538. The Morgan fingerprint density at radius 2 is 2.08 bits per heavy atom. The fraction of sp³-hybridized carbons (Fsp3) is 0.727. The standard InChI is InChI=1S/C22H35ClN2O/c1-3-22(26,19-9-5-4-6-10-19)17(2)16-25-13-12-24-15-21(25)18-8-7-11-20(23)14-18/h7-8,11,14,17,19,21,24,26H,3-6,9-10,12-13,15-16H2,1-2H3. The maximum atomic E-state index is 11.6. The van der Waals surface area contributed by atoms with Crippen molar-refractivity contribution in [2.45, 2.75) is 64.0 Å². The molecule has 0 bridgehead atoms.